The van der Waals surface area contributed by atoms with Gasteiger partial charge in [0, 0.05) is 11.9 Å². The second kappa shape index (κ2) is 18.3. The summed E-state index contributed by atoms with van der Waals surface area (Å²) in [5.74, 6) is 2.44. The Hall–Kier alpha value is -3.33. The normalized spacial score (nSPS) is 10.5. The van der Waals surface area contributed by atoms with E-state index in [4.69, 9.17) is 0 Å². The van der Waals surface area contributed by atoms with Crippen LogP contribution in [0.1, 0.15) is 135 Å². The predicted octanol–water partition coefficient (Wildman–Crippen LogP) is 11.3. The van der Waals surface area contributed by atoms with E-state index in [0.29, 0.717) is 23.7 Å². The third-order valence-corrected chi connectivity index (χ3v) is 7.40. The van der Waals surface area contributed by atoms with Crippen molar-refractivity contribution in [1.82, 2.24) is 15.2 Å². The van der Waals surface area contributed by atoms with Crippen LogP contribution in [0.25, 0.3) is 0 Å². The Morgan fingerprint density at radius 1 is 0.476 bits per heavy atom. The molecule has 0 bridgehead atoms. The summed E-state index contributed by atoms with van der Waals surface area (Å²) in [5, 5.41) is 7.73. The molecule has 0 aliphatic rings. The fraction of sp³-hybridized carbons (Fsp3) is 0.462. The van der Waals surface area contributed by atoms with Gasteiger partial charge in [-0.1, -0.05) is 109 Å². The van der Waals surface area contributed by atoms with Crippen LogP contribution in [0.2, 0.25) is 0 Å². The number of aromatic nitrogens is 3. The van der Waals surface area contributed by atoms with Crippen LogP contribution in [0.3, 0.4) is 0 Å². The van der Waals surface area contributed by atoms with Gasteiger partial charge in [-0.3, -0.25) is 4.98 Å². The topological polar surface area (TPSA) is 38.7 Å². The van der Waals surface area contributed by atoms with Crippen LogP contribution in [0.15, 0.2) is 67.0 Å². The minimum atomic E-state index is 0.550. The van der Waals surface area contributed by atoms with Crippen molar-refractivity contribution in [3.8, 4) is 0 Å². The molecule has 3 nitrogen and oxygen atoms in total. The molecule has 0 spiro atoms. The summed E-state index contributed by atoms with van der Waals surface area (Å²) in [6.45, 7) is 30.1. The molecule has 0 unspecified atom stereocenters. The first kappa shape index (κ1) is 36.7. The molecule has 0 atom stereocenters. The zero-order valence-corrected chi connectivity index (χ0v) is 29.0. The van der Waals surface area contributed by atoms with Crippen LogP contribution >= 0.6 is 0 Å². The van der Waals surface area contributed by atoms with Crippen molar-refractivity contribution < 1.29 is 0 Å². The Morgan fingerprint density at radius 2 is 1.00 bits per heavy atom. The molecular weight excluding hydrogens is 510 g/mol. The number of hydrogen-bond donors (Lipinski definition) is 0. The van der Waals surface area contributed by atoms with Crippen LogP contribution < -0.4 is 0 Å². The van der Waals surface area contributed by atoms with Gasteiger partial charge >= 0.3 is 0 Å². The maximum atomic E-state index is 4.30. The van der Waals surface area contributed by atoms with Crippen molar-refractivity contribution in [2.45, 2.75) is 121 Å². The number of hydrogen-bond acceptors (Lipinski definition) is 3. The van der Waals surface area contributed by atoms with Crippen LogP contribution in [-0.4, -0.2) is 15.2 Å². The minimum absolute atomic E-state index is 0.550. The highest BCUT2D eigenvalue weighted by Crippen LogP contribution is 2.18. The smallest absolute Gasteiger partial charge is 0.0603 e. The summed E-state index contributed by atoms with van der Waals surface area (Å²) in [4.78, 5) is 4.30. The van der Waals surface area contributed by atoms with E-state index in [0.717, 1.165) is 11.4 Å². The monoisotopic (exact) mass is 567 g/mol. The lowest BCUT2D eigenvalue weighted by Crippen LogP contribution is -1.93. The van der Waals surface area contributed by atoms with Gasteiger partial charge in [0.1, 0.15) is 0 Å². The Balaban J connectivity index is 0.000000280. The molecule has 0 saturated carbocycles. The van der Waals surface area contributed by atoms with Crippen LogP contribution in [0.4, 0.5) is 0 Å². The number of rotatable bonds is 4. The molecule has 3 heteroatoms. The second-order valence-corrected chi connectivity index (χ2v) is 12.7. The second-order valence-electron chi connectivity index (χ2n) is 12.7. The molecule has 0 amide bonds. The number of nitrogens with zero attached hydrogens (tertiary/aromatic N) is 3. The lowest BCUT2D eigenvalue weighted by atomic mass is 9.99. The van der Waals surface area contributed by atoms with Gasteiger partial charge in [-0.05, 0) is 110 Å². The molecule has 0 fully saturated rings. The summed E-state index contributed by atoms with van der Waals surface area (Å²) in [6.07, 6.45) is 3.78. The molecule has 42 heavy (non-hydrogen) atoms. The molecule has 4 aromatic rings. The first-order valence-electron chi connectivity index (χ1n) is 15.5. The Morgan fingerprint density at radius 3 is 1.43 bits per heavy atom. The third kappa shape index (κ3) is 13.6. The first-order valence-corrected chi connectivity index (χ1v) is 15.5. The van der Waals surface area contributed by atoms with Crippen molar-refractivity contribution in [3.63, 3.8) is 0 Å². The summed E-state index contributed by atoms with van der Waals surface area (Å²) in [6, 6.07) is 19.6. The molecule has 0 N–H and O–H groups in total. The van der Waals surface area contributed by atoms with E-state index in [-0.39, 0.29) is 0 Å². The lowest BCUT2D eigenvalue weighted by Gasteiger charge is -2.07. The van der Waals surface area contributed by atoms with E-state index in [1.165, 1.54) is 44.5 Å². The Kier molecular flexibility index (Phi) is 16.0. The number of benzene rings is 2. The van der Waals surface area contributed by atoms with E-state index in [2.05, 4.69) is 153 Å². The maximum absolute atomic E-state index is 4.30. The van der Waals surface area contributed by atoms with E-state index < -0.39 is 0 Å². The first-order chi connectivity index (χ1) is 19.6. The zero-order valence-electron chi connectivity index (χ0n) is 29.0. The van der Waals surface area contributed by atoms with Crippen molar-refractivity contribution >= 4 is 0 Å². The largest absolute Gasteiger partial charge is 0.261 e. The standard InChI is InChI=1S/C11H16.C10H15N.C10H14.C8H12N2/c1-8(2)11-6-5-9(3)10(4)7-11;1-7(2)10-5-8(3)9(4)11-6-10;1-8(2)10-6-4-5-9(3)7-10;1-6(2)8-4-7(3)10-9-5-8/h5-8H,1-4H3;5-7H,1-4H3;4-8H,1-3H3;4-6H,1-3H3. The van der Waals surface area contributed by atoms with Gasteiger partial charge in [-0.2, -0.15) is 10.2 Å². The van der Waals surface area contributed by atoms with Gasteiger partial charge in [0.15, 0.2) is 0 Å². The molecule has 0 saturated heterocycles. The van der Waals surface area contributed by atoms with Crippen LogP contribution in [0.5, 0.6) is 0 Å². The van der Waals surface area contributed by atoms with E-state index in [1.54, 1.807) is 0 Å². The average molecular weight is 568 g/mol. The minimum Gasteiger partial charge on any atom is -0.261 e. The quantitative estimate of drug-likeness (QED) is 0.246. The molecule has 2 aromatic heterocycles. The van der Waals surface area contributed by atoms with Crippen molar-refractivity contribution in [3.05, 3.63) is 123 Å². The third-order valence-electron chi connectivity index (χ3n) is 7.40. The molecule has 228 valence electrons. The van der Waals surface area contributed by atoms with Crippen molar-refractivity contribution in [2.75, 3.05) is 0 Å². The van der Waals surface area contributed by atoms with Gasteiger partial charge in [-0.15, -0.1) is 0 Å². The van der Waals surface area contributed by atoms with Crippen LogP contribution in [0, 0.1) is 41.5 Å². The van der Waals surface area contributed by atoms with Crippen molar-refractivity contribution in [2.24, 2.45) is 0 Å². The maximum Gasteiger partial charge on any atom is 0.0603 e. The average Bonchev–Trinajstić information content (AvgIpc) is 2.92. The lowest BCUT2D eigenvalue weighted by molar-refractivity contribution is 0.831. The molecule has 2 aromatic carbocycles. The highest BCUT2D eigenvalue weighted by Gasteiger charge is 2.01. The summed E-state index contributed by atoms with van der Waals surface area (Å²) >= 11 is 0. The van der Waals surface area contributed by atoms with E-state index >= 15 is 0 Å². The summed E-state index contributed by atoms with van der Waals surface area (Å²) in [5.41, 5.74) is 13.0. The van der Waals surface area contributed by atoms with Gasteiger partial charge in [0.2, 0.25) is 0 Å². The van der Waals surface area contributed by atoms with Gasteiger partial charge in [-0.25, -0.2) is 0 Å². The molecule has 0 radical (unpaired) electrons. The zero-order chi connectivity index (χ0) is 32.0. The molecule has 2 heterocycles. The predicted molar refractivity (Wildman–Crippen MR) is 184 cm³/mol. The number of aryl methyl sites for hydroxylation is 6. The highest BCUT2D eigenvalue weighted by molar-refractivity contribution is 5.31. The van der Waals surface area contributed by atoms with E-state index in [1.807, 2.05) is 26.2 Å². The van der Waals surface area contributed by atoms with Gasteiger partial charge < -0.3 is 0 Å². The molecular formula is C39H57N3. The molecule has 4 rings (SSSR count). The van der Waals surface area contributed by atoms with Crippen LogP contribution in [-0.2, 0) is 0 Å². The Labute approximate surface area is 258 Å². The number of pyridine rings is 1. The summed E-state index contributed by atoms with van der Waals surface area (Å²) in [7, 11) is 0. The fourth-order valence-electron chi connectivity index (χ4n) is 3.94. The molecule has 0 aliphatic carbocycles. The van der Waals surface area contributed by atoms with Gasteiger partial charge in [0.05, 0.1) is 11.9 Å². The highest BCUT2D eigenvalue weighted by atomic mass is 15.1. The summed E-state index contributed by atoms with van der Waals surface area (Å²) < 4.78 is 0. The Bertz CT molecular complexity index is 1240. The van der Waals surface area contributed by atoms with Crippen molar-refractivity contribution in [1.29, 1.82) is 0 Å². The molecule has 0 aliphatic heterocycles. The fourth-order valence-corrected chi connectivity index (χ4v) is 3.94. The SMILES string of the molecule is Cc1cc(C(C)C)cnc1C.Cc1cc(C(C)C)cnn1.Cc1ccc(C(C)C)cc1C.Cc1cccc(C(C)C)c1. The van der Waals surface area contributed by atoms with E-state index in [9.17, 15) is 0 Å². The van der Waals surface area contributed by atoms with Gasteiger partial charge in [0.25, 0.3) is 0 Å².